The normalized spacial score (nSPS) is 13.8. The molecule has 0 amide bonds. The maximum Gasteiger partial charge on any atom is 0.132 e. The second-order valence-electron chi connectivity index (χ2n) is 8.65. The average Bonchev–Trinajstić information content (AvgIpc) is 2.90. The molecular formula is C30H24O4. The Hall–Kier alpha value is -3.86. The first-order valence-electron chi connectivity index (χ1n) is 11.5. The van der Waals surface area contributed by atoms with Gasteiger partial charge in [0.05, 0.1) is 6.61 Å². The van der Waals surface area contributed by atoms with Gasteiger partial charge in [-0.3, -0.25) is 0 Å². The molecule has 5 aromatic carbocycles. The van der Waals surface area contributed by atoms with Crippen molar-refractivity contribution >= 4 is 21.5 Å². The van der Waals surface area contributed by atoms with Gasteiger partial charge in [-0.25, -0.2) is 0 Å². The van der Waals surface area contributed by atoms with Gasteiger partial charge in [0.2, 0.25) is 0 Å². The summed E-state index contributed by atoms with van der Waals surface area (Å²) in [6, 6.07) is 33.2. The number of fused-ring (bicyclic) bond motifs is 6. The van der Waals surface area contributed by atoms with Crippen LogP contribution >= 0.6 is 0 Å². The van der Waals surface area contributed by atoms with Crippen molar-refractivity contribution in [3.63, 3.8) is 0 Å². The molecule has 0 fully saturated rings. The van der Waals surface area contributed by atoms with E-state index in [1.807, 2.05) is 12.1 Å². The molecule has 0 spiro atoms. The first kappa shape index (κ1) is 20.7. The van der Waals surface area contributed by atoms with Gasteiger partial charge in [0.15, 0.2) is 0 Å². The highest BCUT2D eigenvalue weighted by atomic mass is 16.5. The van der Waals surface area contributed by atoms with E-state index in [9.17, 15) is 5.11 Å². The zero-order valence-corrected chi connectivity index (χ0v) is 18.5. The van der Waals surface area contributed by atoms with E-state index in [2.05, 4.69) is 84.9 Å². The van der Waals surface area contributed by atoms with Gasteiger partial charge >= 0.3 is 0 Å². The van der Waals surface area contributed by atoms with Crippen LogP contribution in [0.25, 0.3) is 21.5 Å². The molecule has 4 nitrogen and oxygen atoms in total. The van der Waals surface area contributed by atoms with E-state index in [0.29, 0.717) is 5.75 Å². The Labute approximate surface area is 197 Å². The van der Waals surface area contributed by atoms with Crippen molar-refractivity contribution in [3.05, 3.63) is 114 Å². The van der Waals surface area contributed by atoms with E-state index >= 15 is 0 Å². The highest BCUT2D eigenvalue weighted by molar-refractivity contribution is 5.95. The fourth-order valence-corrected chi connectivity index (χ4v) is 4.92. The molecule has 1 heterocycles. The smallest absolute Gasteiger partial charge is 0.132 e. The van der Waals surface area contributed by atoms with Crippen LogP contribution in [-0.2, 0) is 0 Å². The zero-order chi connectivity index (χ0) is 23.1. The lowest BCUT2D eigenvalue weighted by molar-refractivity contribution is 0.0536. The van der Waals surface area contributed by atoms with Gasteiger partial charge in [-0.2, -0.15) is 0 Å². The summed E-state index contributed by atoms with van der Waals surface area (Å²) in [7, 11) is 0. The summed E-state index contributed by atoms with van der Waals surface area (Å²) in [5.41, 5.74) is 3.45. The second-order valence-corrected chi connectivity index (χ2v) is 8.65. The summed E-state index contributed by atoms with van der Waals surface area (Å²) in [6.45, 7) is -0.276. The van der Waals surface area contributed by atoms with Crippen molar-refractivity contribution in [1.29, 1.82) is 0 Å². The molecule has 0 saturated carbocycles. The van der Waals surface area contributed by atoms with Crippen LogP contribution in [0.4, 0.5) is 0 Å². The van der Waals surface area contributed by atoms with Crippen LogP contribution in [0.3, 0.4) is 0 Å². The van der Waals surface area contributed by atoms with Gasteiger partial charge in [0.1, 0.15) is 30.0 Å². The summed E-state index contributed by atoms with van der Waals surface area (Å²) in [6.07, 6.45) is -0.897. The summed E-state index contributed by atoms with van der Waals surface area (Å²) < 4.78 is 12.1. The Bertz CT molecular complexity index is 1400. The van der Waals surface area contributed by atoms with Gasteiger partial charge in [0, 0.05) is 17.0 Å². The number of aliphatic hydroxyl groups excluding tert-OH is 2. The SMILES string of the molecule is OCC(O)COc1ccc(C2c3c(ccc4ccccc34)Oc3ccc4ccccc4c32)cc1. The molecule has 0 aromatic heterocycles. The van der Waals surface area contributed by atoms with Crippen LogP contribution in [0.15, 0.2) is 97.1 Å². The predicted molar refractivity (Wildman–Crippen MR) is 134 cm³/mol. The van der Waals surface area contributed by atoms with Crippen LogP contribution in [0.5, 0.6) is 17.2 Å². The number of hydrogen-bond acceptors (Lipinski definition) is 4. The van der Waals surface area contributed by atoms with E-state index in [1.165, 1.54) is 21.5 Å². The molecule has 0 bridgehead atoms. The fraction of sp³-hybridized carbons (Fsp3) is 0.133. The quantitative estimate of drug-likeness (QED) is 0.339. The van der Waals surface area contributed by atoms with E-state index in [-0.39, 0.29) is 19.1 Å². The predicted octanol–water partition coefficient (Wildman–Crippen LogP) is 6.01. The lowest BCUT2D eigenvalue weighted by Gasteiger charge is -2.31. The monoisotopic (exact) mass is 448 g/mol. The van der Waals surface area contributed by atoms with Crippen LogP contribution in [0.1, 0.15) is 22.6 Å². The molecule has 168 valence electrons. The van der Waals surface area contributed by atoms with Crippen LogP contribution in [0, 0.1) is 0 Å². The van der Waals surface area contributed by atoms with Crippen molar-refractivity contribution in [2.45, 2.75) is 12.0 Å². The third-order valence-electron chi connectivity index (χ3n) is 6.53. The minimum Gasteiger partial charge on any atom is -0.491 e. The van der Waals surface area contributed by atoms with Gasteiger partial charge < -0.3 is 19.7 Å². The molecule has 6 rings (SSSR count). The van der Waals surface area contributed by atoms with Crippen molar-refractivity contribution in [2.75, 3.05) is 13.2 Å². The van der Waals surface area contributed by atoms with Crippen LogP contribution in [-0.4, -0.2) is 29.5 Å². The fourth-order valence-electron chi connectivity index (χ4n) is 4.92. The van der Waals surface area contributed by atoms with Crippen LogP contribution < -0.4 is 9.47 Å². The summed E-state index contributed by atoms with van der Waals surface area (Å²) in [4.78, 5) is 0. The Kier molecular flexibility index (Phi) is 5.17. The molecule has 1 unspecified atom stereocenters. The summed E-state index contributed by atoms with van der Waals surface area (Å²) >= 11 is 0. The molecule has 0 radical (unpaired) electrons. The van der Waals surface area contributed by atoms with Gasteiger partial charge in [0.25, 0.3) is 0 Å². The number of benzene rings is 5. The van der Waals surface area contributed by atoms with E-state index in [1.54, 1.807) is 0 Å². The Morgan fingerprint density at radius 1 is 0.706 bits per heavy atom. The average molecular weight is 449 g/mol. The number of ether oxygens (including phenoxy) is 2. The highest BCUT2D eigenvalue weighted by Crippen LogP contribution is 2.52. The molecule has 1 aliphatic rings. The van der Waals surface area contributed by atoms with Crippen molar-refractivity contribution < 1.29 is 19.7 Å². The molecule has 4 heteroatoms. The van der Waals surface area contributed by atoms with Crippen molar-refractivity contribution in [3.8, 4) is 17.2 Å². The number of aliphatic hydroxyl groups is 2. The maximum atomic E-state index is 9.61. The minimum absolute atomic E-state index is 0.0203. The molecule has 5 aromatic rings. The molecule has 2 N–H and O–H groups in total. The standard InChI is InChI=1S/C30H24O4/c31-17-22(32)18-33-23-13-9-21(10-14-23)28-29-24-7-3-1-5-19(24)11-15-26(29)34-27-16-12-20-6-2-4-8-25(20)30(27)28/h1-16,22,28,31-32H,17-18H2. The number of rotatable bonds is 5. The third-order valence-corrected chi connectivity index (χ3v) is 6.53. The first-order chi connectivity index (χ1) is 16.7. The second kappa shape index (κ2) is 8.49. The Morgan fingerprint density at radius 3 is 1.82 bits per heavy atom. The van der Waals surface area contributed by atoms with Crippen molar-refractivity contribution in [1.82, 2.24) is 0 Å². The molecule has 1 atom stereocenters. The van der Waals surface area contributed by atoms with Gasteiger partial charge in [-0.15, -0.1) is 0 Å². The number of hydrogen-bond donors (Lipinski definition) is 2. The highest BCUT2D eigenvalue weighted by Gasteiger charge is 2.32. The van der Waals surface area contributed by atoms with Gasteiger partial charge in [-0.05, 0) is 51.4 Å². The first-order valence-corrected chi connectivity index (χ1v) is 11.5. The maximum absolute atomic E-state index is 9.61. The topological polar surface area (TPSA) is 58.9 Å². The minimum atomic E-state index is -0.897. The third kappa shape index (κ3) is 3.48. The van der Waals surface area contributed by atoms with E-state index < -0.39 is 6.10 Å². The molecular weight excluding hydrogens is 424 g/mol. The molecule has 1 aliphatic heterocycles. The van der Waals surface area contributed by atoms with Crippen molar-refractivity contribution in [2.24, 2.45) is 0 Å². The largest absolute Gasteiger partial charge is 0.491 e. The zero-order valence-electron chi connectivity index (χ0n) is 18.5. The van der Waals surface area contributed by atoms with Crippen LogP contribution in [0.2, 0.25) is 0 Å². The Morgan fingerprint density at radius 2 is 1.26 bits per heavy atom. The summed E-state index contributed by atoms with van der Waals surface area (Å²) in [5.74, 6) is 2.38. The molecule has 0 aliphatic carbocycles. The molecule has 34 heavy (non-hydrogen) atoms. The van der Waals surface area contributed by atoms with Gasteiger partial charge in [-0.1, -0.05) is 72.8 Å². The lowest BCUT2D eigenvalue weighted by Crippen LogP contribution is -2.21. The lowest BCUT2D eigenvalue weighted by atomic mass is 9.78. The van der Waals surface area contributed by atoms with E-state index in [0.717, 1.165) is 28.2 Å². The summed E-state index contributed by atoms with van der Waals surface area (Å²) in [5, 5.41) is 23.4. The Balaban J connectivity index is 1.55. The molecule has 0 saturated heterocycles. The van der Waals surface area contributed by atoms with E-state index in [4.69, 9.17) is 14.6 Å².